The molecule has 1 amide bonds. The first-order valence-corrected chi connectivity index (χ1v) is 7.92. The number of piperazine rings is 1. The molecule has 21 heavy (non-hydrogen) atoms. The topological polar surface area (TPSA) is 43.8 Å². The lowest BCUT2D eigenvalue weighted by Gasteiger charge is -2.34. The number of unbranched alkanes of at least 4 members (excludes halogenated alkanes) is 2. The van der Waals surface area contributed by atoms with E-state index in [9.17, 15) is 4.79 Å². The summed E-state index contributed by atoms with van der Waals surface area (Å²) in [7, 11) is 0. The lowest BCUT2D eigenvalue weighted by Crippen LogP contribution is -2.49. The summed E-state index contributed by atoms with van der Waals surface area (Å²) >= 11 is 5.87. The summed E-state index contributed by atoms with van der Waals surface area (Å²) in [6, 6.07) is 7.66. The summed E-state index contributed by atoms with van der Waals surface area (Å²) in [6.07, 6.45) is 2.92. The minimum absolute atomic E-state index is 0.193. The smallest absolute Gasteiger partial charge is 0.237 e. The molecule has 1 aromatic rings. The van der Waals surface area contributed by atoms with Crippen LogP contribution >= 0.6 is 11.6 Å². The van der Waals surface area contributed by atoms with Crippen LogP contribution in [0.2, 0.25) is 5.02 Å². The van der Waals surface area contributed by atoms with Crippen LogP contribution in [0.5, 0.6) is 0 Å². The monoisotopic (exact) mass is 310 g/mol. The Hall–Kier alpha value is -1.10. The maximum Gasteiger partial charge on any atom is 0.237 e. The van der Waals surface area contributed by atoms with Crippen molar-refractivity contribution < 1.29 is 9.90 Å². The molecule has 0 atom stereocenters. The number of hydrogen-bond donors (Lipinski definition) is 1. The summed E-state index contributed by atoms with van der Waals surface area (Å²) in [5.74, 6) is 0.193. The second-order valence-corrected chi connectivity index (χ2v) is 5.94. The fourth-order valence-electron chi connectivity index (χ4n) is 2.55. The predicted molar refractivity (Wildman–Crippen MR) is 84.2 cm³/mol. The zero-order valence-corrected chi connectivity index (χ0v) is 13.1. The number of benzene rings is 1. The SMILES string of the molecule is O=C1CN(CCCCCO)CCN1Cc1ccc(Cl)cc1. The second kappa shape index (κ2) is 8.37. The van der Waals surface area contributed by atoms with Crippen LogP contribution in [-0.2, 0) is 11.3 Å². The molecule has 0 aliphatic carbocycles. The van der Waals surface area contributed by atoms with Gasteiger partial charge >= 0.3 is 0 Å². The van der Waals surface area contributed by atoms with Gasteiger partial charge in [-0.2, -0.15) is 0 Å². The van der Waals surface area contributed by atoms with E-state index in [4.69, 9.17) is 16.7 Å². The Morgan fingerprint density at radius 3 is 2.52 bits per heavy atom. The molecular weight excluding hydrogens is 288 g/mol. The third-order valence-electron chi connectivity index (χ3n) is 3.82. The number of aliphatic hydroxyl groups is 1. The van der Waals surface area contributed by atoms with Gasteiger partial charge in [0.2, 0.25) is 5.91 Å². The van der Waals surface area contributed by atoms with E-state index in [1.54, 1.807) is 0 Å². The third-order valence-corrected chi connectivity index (χ3v) is 4.07. The molecule has 4 nitrogen and oxygen atoms in total. The van der Waals surface area contributed by atoms with Crippen molar-refractivity contribution >= 4 is 17.5 Å². The molecule has 1 aliphatic rings. The molecule has 0 radical (unpaired) electrons. The number of hydrogen-bond acceptors (Lipinski definition) is 3. The van der Waals surface area contributed by atoms with Gasteiger partial charge in [0, 0.05) is 31.3 Å². The van der Waals surface area contributed by atoms with Crippen LogP contribution in [0, 0.1) is 0 Å². The van der Waals surface area contributed by atoms with Gasteiger partial charge < -0.3 is 10.0 Å². The van der Waals surface area contributed by atoms with E-state index < -0.39 is 0 Å². The van der Waals surface area contributed by atoms with Crippen molar-refractivity contribution in [3.05, 3.63) is 34.9 Å². The van der Waals surface area contributed by atoms with E-state index in [0.29, 0.717) is 13.1 Å². The standard InChI is InChI=1S/C16H23ClN2O2/c17-15-6-4-14(5-7-15)12-19-10-9-18(13-16(19)21)8-2-1-3-11-20/h4-7,20H,1-3,8-13H2. The molecule has 1 aromatic carbocycles. The van der Waals surface area contributed by atoms with Gasteiger partial charge in [0.25, 0.3) is 0 Å². The van der Waals surface area contributed by atoms with Crippen molar-refractivity contribution in [1.29, 1.82) is 0 Å². The fourth-order valence-corrected chi connectivity index (χ4v) is 2.68. The highest BCUT2D eigenvalue weighted by molar-refractivity contribution is 6.30. The highest BCUT2D eigenvalue weighted by Gasteiger charge is 2.23. The first kappa shape index (κ1) is 16.3. The Morgan fingerprint density at radius 1 is 1.10 bits per heavy atom. The molecule has 0 unspecified atom stereocenters. The van der Waals surface area contributed by atoms with Gasteiger partial charge in [0.05, 0.1) is 6.54 Å². The van der Waals surface area contributed by atoms with Crippen molar-refractivity contribution in [3.63, 3.8) is 0 Å². The summed E-state index contributed by atoms with van der Waals surface area (Å²) in [5, 5.41) is 9.47. The van der Waals surface area contributed by atoms with Gasteiger partial charge in [0.1, 0.15) is 0 Å². The van der Waals surface area contributed by atoms with Gasteiger partial charge in [-0.15, -0.1) is 0 Å². The Balaban J connectivity index is 1.76. The van der Waals surface area contributed by atoms with Crippen LogP contribution in [0.4, 0.5) is 0 Å². The fraction of sp³-hybridized carbons (Fsp3) is 0.562. The molecule has 0 saturated carbocycles. The van der Waals surface area contributed by atoms with Gasteiger partial charge in [-0.1, -0.05) is 23.7 Å². The van der Waals surface area contributed by atoms with Gasteiger partial charge in [-0.05, 0) is 43.5 Å². The molecule has 1 N–H and O–H groups in total. The second-order valence-electron chi connectivity index (χ2n) is 5.50. The first-order valence-electron chi connectivity index (χ1n) is 7.54. The van der Waals surface area contributed by atoms with Crippen molar-refractivity contribution in [1.82, 2.24) is 9.80 Å². The number of carbonyl (C=O) groups excluding carboxylic acids is 1. The Kier molecular flexibility index (Phi) is 6.49. The molecule has 5 heteroatoms. The quantitative estimate of drug-likeness (QED) is 0.785. The largest absolute Gasteiger partial charge is 0.396 e. The van der Waals surface area contributed by atoms with Crippen molar-refractivity contribution in [2.45, 2.75) is 25.8 Å². The number of amides is 1. The van der Waals surface area contributed by atoms with Gasteiger partial charge in [-0.25, -0.2) is 0 Å². The third kappa shape index (κ3) is 5.30. The molecule has 1 heterocycles. The Morgan fingerprint density at radius 2 is 1.86 bits per heavy atom. The molecule has 0 bridgehead atoms. The van der Waals surface area contributed by atoms with Crippen molar-refractivity contribution in [2.24, 2.45) is 0 Å². The summed E-state index contributed by atoms with van der Waals surface area (Å²) in [5.41, 5.74) is 1.11. The van der Waals surface area contributed by atoms with E-state index in [1.165, 1.54) is 0 Å². The molecular formula is C16H23ClN2O2. The number of aliphatic hydroxyl groups excluding tert-OH is 1. The molecule has 1 saturated heterocycles. The van der Waals surface area contributed by atoms with Crippen LogP contribution in [-0.4, -0.2) is 53.6 Å². The Labute approximate surface area is 131 Å². The summed E-state index contributed by atoms with van der Waals surface area (Å²) < 4.78 is 0. The minimum Gasteiger partial charge on any atom is -0.396 e. The predicted octanol–water partition coefficient (Wildman–Crippen LogP) is 2.15. The minimum atomic E-state index is 0.193. The van der Waals surface area contributed by atoms with E-state index in [0.717, 1.165) is 49.5 Å². The highest BCUT2D eigenvalue weighted by atomic mass is 35.5. The molecule has 0 aromatic heterocycles. The van der Waals surface area contributed by atoms with E-state index >= 15 is 0 Å². The van der Waals surface area contributed by atoms with Crippen molar-refractivity contribution in [3.8, 4) is 0 Å². The molecule has 2 rings (SSSR count). The molecule has 1 fully saturated rings. The number of carbonyl (C=O) groups is 1. The highest BCUT2D eigenvalue weighted by Crippen LogP contribution is 2.13. The zero-order chi connectivity index (χ0) is 15.1. The number of halogens is 1. The molecule has 0 spiro atoms. The Bertz CT molecular complexity index is 450. The van der Waals surface area contributed by atoms with Crippen LogP contribution in [0.3, 0.4) is 0 Å². The molecule has 116 valence electrons. The van der Waals surface area contributed by atoms with E-state index in [2.05, 4.69) is 4.90 Å². The summed E-state index contributed by atoms with van der Waals surface area (Å²) in [6.45, 7) is 4.08. The summed E-state index contributed by atoms with van der Waals surface area (Å²) in [4.78, 5) is 16.3. The van der Waals surface area contributed by atoms with Gasteiger partial charge in [0.15, 0.2) is 0 Å². The van der Waals surface area contributed by atoms with Crippen LogP contribution < -0.4 is 0 Å². The van der Waals surface area contributed by atoms with Crippen LogP contribution in [0.15, 0.2) is 24.3 Å². The van der Waals surface area contributed by atoms with E-state index in [1.807, 2.05) is 29.2 Å². The number of rotatable bonds is 7. The lowest BCUT2D eigenvalue weighted by molar-refractivity contribution is -0.136. The first-order chi connectivity index (χ1) is 10.2. The number of nitrogens with zero attached hydrogens (tertiary/aromatic N) is 2. The zero-order valence-electron chi connectivity index (χ0n) is 12.3. The average Bonchev–Trinajstić information content (AvgIpc) is 2.48. The molecule has 1 aliphatic heterocycles. The van der Waals surface area contributed by atoms with Crippen molar-refractivity contribution in [2.75, 3.05) is 32.8 Å². The maximum atomic E-state index is 12.2. The van der Waals surface area contributed by atoms with E-state index in [-0.39, 0.29) is 12.5 Å². The lowest BCUT2D eigenvalue weighted by atomic mass is 10.2. The normalized spacial score (nSPS) is 16.5. The maximum absolute atomic E-state index is 12.2. The average molecular weight is 311 g/mol. The van der Waals surface area contributed by atoms with Crippen LogP contribution in [0.1, 0.15) is 24.8 Å². The van der Waals surface area contributed by atoms with Gasteiger partial charge in [-0.3, -0.25) is 9.69 Å². The van der Waals surface area contributed by atoms with Crippen LogP contribution in [0.25, 0.3) is 0 Å².